The van der Waals surface area contributed by atoms with E-state index in [1.165, 1.54) is 13.2 Å². The molecule has 0 spiro atoms. The number of methoxy groups -OCH3 is 1. The summed E-state index contributed by atoms with van der Waals surface area (Å²) in [6.45, 7) is 2.49. The predicted molar refractivity (Wildman–Crippen MR) is 71.6 cm³/mol. The van der Waals surface area contributed by atoms with Crippen LogP contribution in [0.4, 0.5) is 0 Å². The number of hydrogen-bond acceptors (Lipinski definition) is 4. The Morgan fingerprint density at radius 3 is 2.56 bits per heavy atom. The van der Waals surface area contributed by atoms with E-state index in [0.717, 1.165) is 0 Å². The molecule has 0 aliphatic heterocycles. The largest absolute Gasteiger partial charge is 0.495 e. The number of nitrogens with one attached hydrogen (secondary N) is 2. The molecule has 0 saturated heterocycles. The smallest absolute Gasteiger partial charge is 0.244 e. The molecule has 0 fully saturated rings. The Bertz CT molecular complexity index is 517. The minimum atomic E-state index is -3.60. The number of halogens is 1. The van der Waals surface area contributed by atoms with Crippen molar-refractivity contribution in [3.63, 3.8) is 0 Å². The van der Waals surface area contributed by atoms with Crippen LogP contribution in [0.3, 0.4) is 0 Å². The Balaban J connectivity index is 3.43. The van der Waals surface area contributed by atoms with Crippen molar-refractivity contribution in [2.24, 2.45) is 0 Å². The van der Waals surface area contributed by atoms with E-state index in [1.54, 1.807) is 20.0 Å². The van der Waals surface area contributed by atoms with Crippen LogP contribution in [0.5, 0.6) is 5.75 Å². The van der Waals surface area contributed by atoms with Gasteiger partial charge >= 0.3 is 0 Å². The van der Waals surface area contributed by atoms with Crippen LogP contribution in [0.15, 0.2) is 17.0 Å². The Kier molecular flexibility index (Phi) is 5.40. The van der Waals surface area contributed by atoms with E-state index >= 15 is 0 Å². The molecule has 0 aliphatic carbocycles. The fraction of sp³-hybridized carbons (Fsp3) is 0.455. The molecule has 18 heavy (non-hydrogen) atoms. The van der Waals surface area contributed by atoms with E-state index in [4.69, 9.17) is 16.3 Å². The molecular formula is C11H17ClN2O3S. The maximum atomic E-state index is 12.1. The molecule has 102 valence electrons. The maximum absolute atomic E-state index is 12.1. The van der Waals surface area contributed by atoms with E-state index in [2.05, 4.69) is 10.0 Å². The van der Waals surface area contributed by atoms with Gasteiger partial charge in [-0.25, -0.2) is 13.1 Å². The molecule has 1 rings (SSSR count). The summed E-state index contributed by atoms with van der Waals surface area (Å²) in [5.41, 5.74) is 0.698. The zero-order chi connectivity index (χ0) is 13.8. The molecule has 0 amide bonds. The third-order valence-electron chi connectivity index (χ3n) is 2.29. The maximum Gasteiger partial charge on any atom is 0.244 e. The molecule has 0 aromatic heterocycles. The van der Waals surface area contributed by atoms with Crippen LogP contribution in [0.2, 0.25) is 5.02 Å². The minimum absolute atomic E-state index is 0.0598. The molecule has 0 radical (unpaired) electrons. The quantitative estimate of drug-likeness (QED) is 0.831. The van der Waals surface area contributed by atoms with E-state index < -0.39 is 10.0 Å². The Hall–Kier alpha value is -0.820. The van der Waals surface area contributed by atoms with Crippen LogP contribution in [-0.2, 0) is 16.6 Å². The van der Waals surface area contributed by atoms with Crippen LogP contribution >= 0.6 is 11.6 Å². The Morgan fingerprint density at radius 1 is 1.39 bits per heavy atom. The van der Waals surface area contributed by atoms with Gasteiger partial charge in [-0.2, -0.15) is 0 Å². The molecule has 7 heteroatoms. The van der Waals surface area contributed by atoms with Gasteiger partial charge in [0.05, 0.1) is 7.11 Å². The molecule has 0 atom stereocenters. The molecule has 0 saturated carbocycles. The zero-order valence-electron chi connectivity index (χ0n) is 10.6. The zero-order valence-corrected chi connectivity index (χ0v) is 12.2. The summed E-state index contributed by atoms with van der Waals surface area (Å²) in [5, 5.41) is 3.30. The fourth-order valence-corrected chi connectivity index (χ4v) is 3.23. The number of sulfonamides is 1. The molecule has 1 aromatic rings. The highest BCUT2D eigenvalue weighted by Crippen LogP contribution is 2.31. The summed E-state index contributed by atoms with van der Waals surface area (Å²) < 4.78 is 31.7. The van der Waals surface area contributed by atoms with Crippen LogP contribution in [0, 0.1) is 0 Å². The molecule has 0 heterocycles. The van der Waals surface area contributed by atoms with Crippen molar-refractivity contribution in [2.75, 3.05) is 20.7 Å². The lowest BCUT2D eigenvalue weighted by Gasteiger charge is -2.14. The summed E-state index contributed by atoms with van der Waals surface area (Å²) >= 11 is 5.95. The first-order valence-corrected chi connectivity index (χ1v) is 7.33. The first-order valence-electron chi connectivity index (χ1n) is 5.47. The number of benzene rings is 1. The summed E-state index contributed by atoms with van der Waals surface area (Å²) in [4.78, 5) is 0.0598. The van der Waals surface area contributed by atoms with E-state index in [1.807, 2.05) is 0 Å². The molecular weight excluding hydrogens is 276 g/mol. The topological polar surface area (TPSA) is 67.4 Å². The van der Waals surface area contributed by atoms with E-state index in [9.17, 15) is 8.42 Å². The summed E-state index contributed by atoms with van der Waals surface area (Å²) in [6, 6.07) is 3.07. The van der Waals surface area contributed by atoms with E-state index in [-0.39, 0.29) is 4.90 Å². The predicted octanol–water partition coefficient (Wildman–Crippen LogP) is 1.37. The van der Waals surface area contributed by atoms with Crippen molar-refractivity contribution in [3.8, 4) is 5.75 Å². The third-order valence-corrected chi connectivity index (χ3v) is 4.06. The average molecular weight is 293 g/mol. The normalized spacial score (nSPS) is 11.6. The third kappa shape index (κ3) is 3.35. The number of hydrogen-bond donors (Lipinski definition) is 2. The van der Waals surface area contributed by atoms with Crippen LogP contribution < -0.4 is 14.8 Å². The first kappa shape index (κ1) is 15.2. The van der Waals surface area contributed by atoms with Gasteiger partial charge in [-0.15, -0.1) is 0 Å². The van der Waals surface area contributed by atoms with Crippen LogP contribution in [0.25, 0.3) is 0 Å². The lowest BCUT2D eigenvalue weighted by Crippen LogP contribution is -2.24. The number of ether oxygens (including phenoxy) is 1. The van der Waals surface area contributed by atoms with Crippen molar-refractivity contribution < 1.29 is 13.2 Å². The van der Waals surface area contributed by atoms with Gasteiger partial charge < -0.3 is 10.1 Å². The summed E-state index contributed by atoms with van der Waals surface area (Å²) in [6.07, 6.45) is 0. The van der Waals surface area contributed by atoms with Crippen LogP contribution in [-0.4, -0.2) is 29.1 Å². The monoisotopic (exact) mass is 292 g/mol. The number of rotatable bonds is 6. The van der Waals surface area contributed by atoms with E-state index in [0.29, 0.717) is 29.4 Å². The SMILES string of the molecule is CCNS(=O)(=O)c1cc(Cl)cc(CNC)c1OC. The van der Waals surface area contributed by atoms with Crippen molar-refractivity contribution >= 4 is 21.6 Å². The highest BCUT2D eigenvalue weighted by atomic mass is 35.5. The lowest BCUT2D eigenvalue weighted by atomic mass is 10.2. The van der Waals surface area contributed by atoms with Crippen molar-refractivity contribution in [2.45, 2.75) is 18.4 Å². The van der Waals surface area contributed by atoms with Gasteiger partial charge in [-0.3, -0.25) is 0 Å². The van der Waals surface area contributed by atoms with Crippen molar-refractivity contribution in [3.05, 3.63) is 22.7 Å². The van der Waals surface area contributed by atoms with Gasteiger partial charge in [0.25, 0.3) is 0 Å². The second-order valence-electron chi connectivity index (χ2n) is 3.63. The Morgan fingerprint density at radius 2 is 2.06 bits per heavy atom. The highest BCUT2D eigenvalue weighted by molar-refractivity contribution is 7.89. The fourth-order valence-electron chi connectivity index (χ4n) is 1.64. The summed E-state index contributed by atoms with van der Waals surface area (Å²) in [5.74, 6) is 0.315. The lowest BCUT2D eigenvalue weighted by molar-refractivity contribution is 0.396. The van der Waals surface area contributed by atoms with Gasteiger partial charge in [0.15, 0.2) is 0 Å². The molecule has 5 nitrogen and oxygen atoms in total. The minimum Gasteiger partial charge on any atom is -0.495 e. The van der Waals surface area contributed by atoms with Crippen LogP contribution in [0.1, 0.15) is 12.5 Å². The average Bonchev–Trinajstić information content (AvgIpc) is 2.28. The Labute approximate surface area is 113 Å². The molecule has 0 unspecified atom stereocenters. The molecule has 2 N–H and O–H groups in total. The van der Waals surface area contributed by atoms with Crippen molar-refractivity contribution in [1.29, 1.82) is 0 Å². The first-order chi connectivity index (χ1) is 8.46. The van der Waals surface area contributed by atoms with Gasteiger partial charge in [-0.05, 0) is 19.2 Å². The van der Waals surface area contributed by atoms with Gasteiger partial charge in [-0.1, -0.05) is 18.5 Å². The highest BCUT2D eigenvalue weighted by Gasteiger charge is 2.22. The second-order valence-corrected chi connectivity index (χ2v) is 5.80. The second kappa shape index (κ2) is 6.38. The van der Waals surface area contributed by atoms with Gasteiger partial charge in [0, 0.05) is 23.7 Å². The van der Waals surface area contributed by atoms with Gasteiger partial charge in [0.1, 0.15) is 10.6 Å². The molecule has 0 bridgehead atoms. The van der Waals surface area contributed by atoms with Gasteiger partial charge in [0.2, 0.25) is 10.0 Å². The molecule has 0 aliphatic rings. The standard InChI is InChI=1S/C11H17ClN2O3S/c1-4-14-18(15,16)10-6-9(12)5-8(7-13-2)11(10)17-3/h5-6,13-14H,4,7H2,1-3H3. The molecule has 1 aromatic carbocycles. The summed E-state index contributed by atoms with van der Waals surface area (Å²) in [7, 11) is -0.403. The van der Waals surface area contributed by atoms with Crippen molar-refractivity contribution in [1.82, 2.24) is 10.0 Å².